The molecule has 0 fully saturated rings. The van der Waals surface area contributed by atoms with E-state index in [0.29, 0.717) is 48.3 Å². The first-order valence-electron chi connectivity index (χ1n) is 9.41. The Bertz CT molecular complexity index is 912. The van der Waals surface area contributed by atoms with Crippen LogP contribution >= 0.6 is 0 Å². The molecule has 9 nitrogen and oxygen atoms in total. The summed E-state index contributed by atoms with van der Waals surface area (Å²) in [5, 5.41) is 5.04. The summed E-state index contributed by atoms with van der Waals surface area (Å²) in [4.78, 5) is 35.8. The SMILES string of the molecule is CCOc1ccc(C(=O)NCC(=O)OCC(=O)Nc2ccc3c(c2)OCCO3)cc1. The van der Waals surface area contributed by atoms with Crippen molar-refractivity contribution in [3.63, 3.8) is 0 Å². The highest BCUT2D eigenvalue weighted by atomic mass is 16.6. The van der Waals surface area contributed by atoms with Crippen molar-refractivity contribution in [3.8, 4) is 17.2 Å². The Morgan fingerprint density at radius 1 is 1.00 bits per heavy atom. The monoisotopic (exact) mass is 414 g/mol. The van der Waals surface area contributed by atoms with Gasteiger partial charge in [-0.3, -0.25) is 14.4 Å². The van der Waals surface area contributed by atoms with E-state index in [-0.39, 0.29) is 6.54 Å². The zero-order valence-corrected chi connectivity index (χ0v) is 16.4. The number of hydrogen-bond acceptors (Lipinski definition) is 7. The van der Waals surface area contributed by atoms with Crippen molar-refractivity contribution in [1.29, 1.82) is 0 Å². The third-order valence-corrected chi connectivity index (χ3v) is 4.01. The molecule has 3 rings (SSSR count). The molecule has 0 radical (unpaired) electrons. The fourth-order valence-electron chi connectivity index (χ4n) is 2.64. The first-order chi connectivity index (χ1) is 14.5. The van der Waals surface area contributed by atoms with E-state index in [9.17, 15) is 14.4 Å². The maximum Gasteiger partial charge on any atom is 0.325 e. The van der Waals surface area contributed by atoms with Crippen LogP contribution in [0.15, 0.2) is 42.5 Å². The Hall–Kier alpha value is -3.75. The van der Waals surface area contributed by atoms with Crippen LogP contribution in [0.25, 0.3) is 0 Å². The van der Waals surface area contributed by atoms with Crippen LogP contribution in [0.5, 0.6) is 17.2 Å². The quantitative estimate of drug-likeness (QED) is 0.633. The number of carbonyl (C=O) groups is 3. The van der Waals surface area contributed by atoms with Crippen molar-refractivity contribution in [1.82, 2.24) is 5.32 Å². The molecule has 0 aromatic heterocycles. The molecule has 158 valence electrons. The smallest absolute Gasteiger partial charge is 0.325 e. The second-order valence-corrected chi connectivity index (χ2v) is 6.21. The summed E-state index contributed by atoms with van der Waals surface area (Å²) in [7, 11) is 0. The van der Waals surface area contributed by atoms with Crippen LogP contribution in [0.1, 0.15) is 17.3 Å². The lowest BCUT2D eigenvalue weighted by Gasteiger charge is -2.19. The number of amides is 2. The van der Waals surface area contributed by atoms with E-state index in [2.05, 4.69) is 10.6 Å². The molecule has 0 spiro atoms. The molecule has 2 amide bonds. The fourth-order valence-corrected chi connectivity index (χ4v) is 2.64. The normalized spacial score (nSPS) is 11.9. The van der Waals surface area contributed by atoms with Gasteiger partial charge in [0.05, 0.1) is 6.61 Å². The molecule has 9 heteroatoms. The van der Waals surface area contributed by atoms with Gasteiger partial charge in [0.1, 0.15) is 25.5 Å². The molecular formula is C21H22N2O7. The Kier molecular flexibility index (Phi) is 7.09. The van der Waals surface area contributed by atoms with Gasteiger partial charge in [0.2, 0.25) is 0 Å². The van der Waals surface area contributed by atoms with Gasteiger partial charge in [-0.25, -0.2) is 0 Å². The van der Waals surface area contributed by atoms with Crippen LogP contribution in [0, 0.1) is 0 Å². The van der Waals surface area contributed by atoms with Crippen molar-refractivity contribution in [3.05, 3.63) is 48.0 Å². The lowest BCUT2D eigenvalue weighted by Crippen LogP contribution is -2.32. The molecule has 0 saturated carbocycles. The van der Waals surface area contributed by atoms with Gasteiger partial charge >= 0.3 is 5.97 Å². The van der Waals surface area contributed by atoms with Gasteiger partial charge in [0, 0.05) is 17.3 Å². The number of nitrogens with one attached hydrogen (secondary N) is 2. The molecule has 0 saturated heterocycles. The maximum absolute atomic E-state index is 12.1. The third-order valence-electron chi connectivity index (χ3n) is 4.01. The predicted octanol–water partition coefficient (Wildman–Crippen LogP) is 1.77. The molecular weight excluding hydrogens is 392 g/mol. The average Bonchev–Trinajstić information content (AvgIpc) is 2.76. The average molecular weight is 414 g/mol. The van der Waals surface area contributed by atoms with Crippen molar-refractivity contribution in [2.45, 2.75) is 6.92 Å². The summed E-state index contributed by atoms with van der Waals surface area (Å²) < 4.78 is 21.0. The van der Waals surface area contributed by atoms with Crippen molar-refractivity contribution in [2.75, 3.05) is 38.3 Å². The summed E-state index contributed by atoms with van der Waals surface area (Å²) in [5.41, 5.74) is 0.867. The molecule has 0 unspecified atom stereocenters. The van der Waals surface area contributed by atoms with E-state index in [4.69, 9.17) is 18.9 Å². The van der Waals surface area contributed by atoms with Crippen LogP contribution in [0.4, 0.5) is 5.69 Å². The largest absolute Gasteiger partial charge is 0.494 e. The van der Waals surface area contributed by atoms with Crippen LogP contribution in [0.3, 0.4) is 0 Å². The maximum atomic E-state index is 12.1. The van der Waals surface area contributed by atoms with E-state index >= 15 is 0 Å². The topological polar surface area (TPSA) is 112 Å². The minimum Gasteiger partial charge on any atom is -0.494 e. The van der Waals surface area contributed by atoms with Gasteiger partial charge in [0.15, 0.2) is 18.1 Å². The second kappa shape index (κ2) is 10.1. The minimum atomic E-state index is -0.730. The van der Waals surface area contributed by atoms with Gasteiger partial charge in [0.25, 0.3) is 11.8 Å². The first kappa shape index (κ1) is 21.0. The highest BCUT2D eigenvalue weighted by Crippen LogP contribution is 2.32. The molecule has 0 atom stereocenters. The van der Waals surface area contributed by atoms with Gasteiger partial charge in [-0.15, -0.1) is 0 Å². The number of ether oxygens (including phenoxy) is 4. The number of rotatable bonds is 8. The Balaban J connectivity index is 1.39. The molecule has 1 aliphatic rings. The molecule has 30 heavy (non-hydrogen) atoms. The first-order valence-corrected chi connectivity index (χ1v) is 9.41. The Morgan fingerprint density at radius 3 is 2.47 bits per heavy atom. The summed E-state index contributed by atoms with van der Waals surface area (Å²) in [6.07, 6.45) is 0. The van der Waals surface area contributed by atoms with Crippen LogP contribution in [-0.2, 0) is 14.3 Å². The number of hydrogen-bond donors (Lipinski definition) is 2. The Labute approximate surface area is 173 Å². The van der Waals surface area contributed by atoms with Gasteiger partial charge in [-0.1, -0.05) is 0 Å². The van der Waals surface area contributed by atoms with Gasteiger partial charge in [-0.2, -0.15) is 0 Å². The van der Waals surface area contributed by atoms with E-state index in [1.807, 2.05) is 6.92 Å². The standard InChI is InChI=1S/C21H22N2O7/c1-2-27-16-6-3-14(4-7-16)21(26)22-12-20(25)30-13-19(24)23-15-5-8-17-18(11-15)29-10-9-28-17/h3-8,11H,2,9-10,12-13H2,1H3,(H,22,26)(H,23,24). The van der Waals surface area contributed by atoms with E-state index in [1.54, 1.807) is 42.5 Å². The second-order valence-electron chi connectivity index (χ2n) is 6.21. The number of benzene rings is 2. The highest BCUT2D eigenvalue weighted by molar-refractivity contribution is 5.96. The van der Waals surface area contributed by atoms with E-state index in [0.717, 1.165) is 0 Å². The lowest BCUT2D eigenvalue weighted by molar-refractivity contribution is -0.146. The zero-order valence-electron chi connectivity index (χ0n) is 16.4. The number of anilines is 1. The number of carbonyl (C=O) groups excluding carboxylic acids is 3. The third kappa shape index (κ3) is 5.87. The molecule has 2 aromatic carbocycles. The van der Waals surface area contributed by atoms with Crippen LogP contribution in [-0.4, -0.2) is 50.8 Å². The van der Waals surface area contributed by atoms with Gasteiger partial charge in [-0.05, 0) is 43.3 Å². The number of esters is 1. The molecule has 0 bridgehead atoms. The minimum absolute atomic E-state index is 0.358. The van der Waals surface area contributed by atoms with E-state index in [1.165, 1.54) is 0 Å². The van der Waals surface area contributed by atoms with Crippen molar-refractivity contribution in [2.24, 2.45) is 0 Å². The fraction of sp³-hybridized carbons (Fsp3) is 0.286. The Morgan fingerprint density at radius 2 is 1.73 bits per heavy atom. The predicted molar refractivity (Wildman–Crippen MR) is 107 cm³/mol. The van der Waals surface area contributed by atoms with Crippen LogP contribution < -0.4 is 24.8 Å². The van der Waals surface area contributed by atoms with E-state index < -0.39 is 24.4 Å². The molecule has 2 aromatic rings. The summed E-state index contributed by atoms with van der Waals surface area (Å²) in [6, 6.07) is 11.5. The van der Waals surface area contributed by atoms with Crippen molar-refractivity contribution >= 4 is 23.5 Å². The van der Waals surface area contributed by atoms with Gasteiger partial charge < -0.3 is 29.6 Å². The summed E-state index contributed by atoms with van der Waals surface area (Å²) in [5.74, 6) is 0.111. The molecule has 1 aliphatic heterocycles. The zero-order chi connectivity index (χ0) is 21.3. The number of fused-ring (bicyclic) bond motifs is 1. The molecule has 0 aliphatic carbocycles. The van der Waals surface area contributed by atoms with Crippen molar-refractivity contribution < 1.29 is 33.3 Å². The molecule has 2 N–H and O–H groups in total. The summed E-state index contributed by atoms with van der Waals surface area (Å²) in [6.45, 7) is 2.46. The lowest BCUT2D eigenvalue weighted by atomic mass is 10.2. The highest BCUT2D eigenvalue weighted by Gasteiger charge is 2.14. The van der Waals surface area contributed by atoms with Crippen LogP contribution in [0.2, 0.25) is 0 Å². The molecule has 1 heterocycles. The summed E-state index contributed by atoms with van der Waals surface area (Å²) >= 11 is 0.